The Kier molecular flexibility index (Phi) is 14.1. The van der Waals surface area contributed by atoms with Gasteiger partial charge in [0.15, 0.2) is 22.0 Å². The average Bonchev–Trinajstić information content (AvgIpc) is 3.05. The molecule has 1 aliphatic rings. The minimum atomic E-state index is -2.50. The summed E-state index contributed by atoms with van der Waals surface area (Å²) in [6.07, 6.45) is -7.50. The highest BCUT2D eigenvalue weighted by molar-refractivity contribution is 7.92. The molecule has 2 aromatic carbocycles. The van der Waals surface area contributed by atoms with Crippen LogP contribution in [-0.2, 0) is 77.3 Å². The van der Waals surface area contributed by atoms with Crippen LogP contribution in [0.1, 0.15) is 48.0 Å². The van der Waals surface area contributed by atoms with Crippen molar-refractivity contribution in [3.8, 4) is 0 Å². The maximum atomic E-state index is 14.0. The molecule has 16 heteroatoms. The summed E-state index contributed by atoms with van der Waals surface area (Å²) in [5, 5.41) is 0. The second kappa shape index (κ2) is 17.7. The molecule has 0 spiro atoms. The van der Waals surface area contributed by atoms with Crippen LogP contribution >= 0.6 is 0 Å². The molecule has 1 aliphatic heterocycles. The largest absolute Gasteiger partial charge is 0.465 e. The quantitative estimate of drug-likeness (QED) is 0.167. The van der Waals surface area contributed by atoms with E-state index in [1.54, 1.807) is 60.7 Å². The lowest BCUT2D eigenvalue weighted by molar-refractivity contribution is -0.294. The second-order valence-corrected chi connectivity index (χ2v) is 12.7. The molecule has 2 aromatic rings. The minimum absolute atomic E-state index is 0.589. The number of rotatable bonds is 13. The Morgan fingerprint density at radius 1 is 0.780 bits per heavy atom. The SMILES string of the molecule is COC(=O)[C@@]1(O[S+](c2ccccc2)c2ccccc2)C[C@H](OC(C)=O)[C@@H](N(C(C)=O)C(C)=O)[C@H]([C@H](OC(C)=O)[C@@H](COC(C)=O)OC(C)=O)O1. The lowest BCUT2D eigenvalue weighted by Gasteiger charge is -2.49. The first-order chi connectivity index (χ1) is 23.6. The molecule has 1 heterocycles. The van der Waals surface area contributed by atoms with Gasteiger partial charge in [0, 0.05) is 41.5 Å². The molecule has 50 heavy (non-hydrogen) atoms. The standard InChI is InChI=1S/C34H40NO14S/c1-20(36)35(21(2)37)30-28(45-23(4)39)18-34(33(42)43-7,49-50(26-14-10-8-11-15-26)27-16-12-9-13-17-27)48-32(30)31(47-25(6)41)29(46-24(5)40)19-44-22(3)38/h8-17,28-32H,18-19H2,1-7H3/q+1/t28-,29+,30+,31+,32+,34-/m0/s1. The molecule has 0 aromatic heterocycles. The van der Waals surface area contributed by atoms with Crippen molar-refractivity contribution in [1.82, 2.24) is 4.90 Å². The van der Waals surface area contributed by atoms with Crippen LogP contribution in [0.3, 0.4) is 0 Å². The van der Waals surface area contributed by atoms with Crippen LogP contribution in [0.25, 0.3) is 0 Å². The number of methoxy groups -OCH3 is 1. The van der Waals surface area contributed by atoms with Gasteiger partial charge in [0.1, 0.15) is 24.9 Å². The number of ether oxygens (including phenoxy) is 6. The Balaban J connectivity index is 2.39. The number of carbonyl (C=O) groups excluding carboxylic acids is 7. The number of hydrogen-bond acceptors (Lipinski definition) is 14. The van der Waals surface area contributed by atoms with Crippen molar-refractivity contribution in [2.75, 3.05) is 13.7 Å². The number of imide groups is 1. The molecule has 6 atom stereocenters. The second-order valence-electron chi connectivity index (χ2n) is 11.1. The molecular formula is C34H40NO14S+. The predicted octanol–water partition coefficient (Wildman–Crippen LogP) is 2.43. The minimum Gasteiger partial charge on any atom is -0.465 e. The summed E-state index contributed by atoms with van der Waals surface area (Å²) in [6, 6.07) is 15.9. The van der Waals surface area contributed by atoms with Gasteiger partial charge < -0.3 is 28.4 Å². The van der Waals surface area contributed by atoms with Crippen molar-refractivity contribution < 1.29 is 66.2 Å². The maximum Gasteiger partial charge on any atom is 0.372 e. The normalized spacial score (nSPS) is 21.2. The first-order valence-electron chi connectivity index (χ1n) is 15.4. The Labute approximate surface area is 291 Å². The molecule has 270 valence electrons. The number of hydrogen-bond donors (Lipinski definition) is 0. The van der Waals surface area contributed by atoms with Gasteiger partial charge in [-0.1, -0.05) is 36.4 Å². The van der Waals surface area contributed by atoms with Crippen LogP contribution in [0, 0.1) is 0 Å². The average molecular weight is 719 g/mol. The van der Waals surface area contributed by atoms with Crippen molar-refractivity contribution in [3.05, 3.63) is 60.7 Å². The zero-order valence-electron chi connectivity index (χ0n) is 28.6. The number of esters is 5. The number of benzene rings is 2. The van der Waals surface area contributed by atoms with Crippen LogP contribution in [0.5, 0.6) is 0 Å². The van der Waals surface area contributed by atoms with Crippen molar-refractivity contribution in [2.45, 2.75) is 94.0 Å². The topological polar surface area (TPSA) is 187 Å². The molecule has 2 amide bonds. The van der Waals surface area contributed by atoms with Crippen molar-refractivity contribution in [3.63, 3.8) is 0 Å². The summed E-state index contributed by atoms with van der Waals surface area (Å²) in [5.74, 6) is -8.81. The van der Waals surface area contributed by atoms with E-state index < -0.39 is 102 Å². The lowest BCUT2D eigenvalue weighted by atomic mass is 9.87. The maximum absolute atomic E-state index is 14.0. The van der Waals surface area contributed by atoms with Crippen LogP contribution in [0.4, 0.5) is 0 Å². The predicted molar refractivity (Wildman–Crippen MR) is 172 cm³/mol. The summed E-state index contributed by atoms with van der Waals surface area (Å²) in [6.45, 7) is 5.64. The first kappa shape index (κ1) is 39.6. The highest BCUT2D eigenvalue weighted by Crippen LogP contribution is 2.42. The van der Waals surface area contributed by atoms with Crippen LogP contribution in [0.2, 0.25) is 0 Å². The third-order valence-corrected chi connectivity index (χ3v) is 9.03. The smallest absolute Gasteiger partial charge is 0.372 e. The van der Waals surface area contributed by atoms with E-state index in [1.807, 2.05) is 0 Å². The van der Waals surface area contributed by atoms with Gasteiger partial charge in [-0.15, -0.1) is 4.18 Å². The Morgan fingerprint density at radius 3 is 1.72 bits per heavy atom. The van der Waals surface area contributed by atoms with Crippen molar-refractivity contribution in [2.24, 2.45) is 0 Å². The Bertz CT molecular complexity index is 1500. The third kappa shape index (κ3) is 10.1. The van der Waals surface area contributed by atoms with E-state index in [9.17, 15) is 33.6 Å². The fraction of sp³-hybridized carbons (Fsp3) is 0.441. The molecule has 0 unspecified atom stereocenters. The summed E-state index contributed by atoms with van der Waals surface area (Å²) in [7, 11) is 1.06. The van der Waals surface area contributed by atoms with E-state index in [2.05, 4.69) is 0 Å². The van der Waals surface area contributed by atoms with E-state index >= 15 is 0 Å². The van der Waals surface area contributed by atoms with Crippen LogP contribution < -0.4 is 0 Å². The van der Waals surface area contributed by atoms with Gasteiger partial charge in [-0.3, -0.25) is 33.7 Å². The van der Waals surface area contributed by atoms with Gasteiger partial charge in [0.05, 0.1) is 13.5 Å². The fourth-order valence-electron chi connectivity index (χ4n) is 5.46. The van der Waals surface area contributed by atoms with Gasteiger partial charge in [0.25, 0.3) is 0 Å². The molecular weight excluding hydrogens is 678 g/mol. The lowest BCUT2D eigenvalue weighted by Crippen LogP contribution is -2.70. The molecule has 0 N–H and O–H groups in total. The van der Waals surface area contributed by atoms with Crippen molar-refractivity contribution >= 4 is 52.8 Å². The van der Waals surface area contributed by atoms with E-state index in [0.29, 0.717) is 14.7 Å². The summed E-state index contributed by atoms with van der Waals surface area (Å²) in [5.41, 5.74) is 0. The van der Waals surface area contributed by atoms with Gasteiger partial charge >= 0.3 is 35.6 Å². The zero-order chi connectivity index (χ0) is 37.2. The summed E-state index contributed by atoms with van der Waals surface area (Å²) >= 11 is -1.42. The van der Waals surface area contributed by atoms with Gasteiger partial charge in [-0.05, 0) is 24.3 Å². The summed E-state index contributed by atoms with van der Waals surface area (Å²) in [4.78, 5) is 91.5. The fourth-order valence-corrected chi connectivity index (χ4v) is 7.18. The van der Waals surface area contributed by atoms with E-state index in [1.165, 1.54) is 0 Å². The molecule has 3 rings (SSSR count). The van der Waals surface area contributed by atoms with E-state index in [-0.39, 0.29) is 0 Å². The van der Waals surface area contributed by atoms with Gasteiger partial charge in [-0.25, -0.2) is 4.79 Å². The number of amides is 2. The van der Waals surface area contributed by atoms with Gasteiger partial charge in [0.2, 0.25) is 23.0 Å². The summed E-state index contributed by atoms with van der Waals surface area (Å²) < 4.78 is 40.2. The molecule has 0 aliphatic carbocycles. The zero-order valence-corrected chi connectivity index (χ0v) is 29.5. The highest BCUT2D eigenvalue weighted by atomic mass is 32.2. The highest BCUT2D eigenvalue weighted by Gasteiger charge is 2.64. The van der Waals surface area contributed by atoms with Crippen LogP contribution in [0.15, 0.2) is 70.5 Å². The van der Waals surface area contributed by atoms with E-state index in [0.717, 1.165) is 48.7 Å². The molecule has 1 fully saturated rings. The molecule has 0 radical (unpaired) electrons. The number of carbonyl (C=O) groups is 7. The third-order valence-electron chi connectivity index (χ3n) is 7.20. The van der Waals surface area contributed by atoms with Gasteiger partial charge in [-0.2, -0.15) is 0 Å². The monoisotopic (exact) mass is 718 g/mol. The molecule has 0 bridgehead atoms. The molecule has 0 saturated carbocycles. The first-order valence-corrected chi connectivity index (χ1v) is 16.5. The molecule has 1 saturated heterocycles. The molecule has 15 nitrogen and oxygen atoms in total. The van der Waals surface area contributed by atoms with Crippen molar-refractivity contribution in [1.29, 1.82) is 0 Å². The van der Waals surface area contributed by atoms with E-state index in [4.69, 9.17) is 32.6 Å². The number of nitrogens with zero attached hydrogens (tertiary/aromatic N) is 1. The van der Waals surface area contributed by atoms with Crippen LogP contribution in [-0.4, -0.2) is 96.5 Å². The Hall–Kier alpha value is -4.80. The Morgan fingerprint density at radius 2 is 1.30 bits per heavy atom.